The summed E-state index contributed by atoms with van der Waals surface area (Å²) in [6, 6.07) is 0. The number of carbonyl (C=O) groups excluding carboxylic acids is 1. The van der Waals surface area contributed by atoms with Crippen molar-refractivity contribution in [3.05, 3.63) is 0 Å². The highest BCUT2D eigenvalue weighted by molar-refractivity contribution is 5.88. The Morgan fingerprint density at radius 1 is 1.13 bits per heavy atom. The lowest BCUT2D eigenvalue weighted by Gasteiger charge is -2.50. The first kappa shape index (κ1) is 18.7. The van der Waals surface area contributed by atoms with E-state index in [0.717, 1.165) is 12.8 Å². The Morgan fingerprint density at radius 3 is 2.09 bits per heavy atom. The van der Waals surface area contributed by atoms with Crippen LogP contribution in [0.2, 0.25) is 0 Å². The minimum atomic E-state index is -0.750. The number of ether oxygens (including phenoxy) is 1. The van der Waals surface area contributed by atoms with E-state index in [0.29, 0.717) is 25.8 Å². The van der Waals surface area contributed by atoms with E-state index in [1.807, 2.05) is 4.90 Å². The number of piperidine rings is 1. The van der Waals surface area contributed by atoms with Gasteiger partial charge < -0.3 is 20.1 Å². The van der Waals surface area contributed by atoms with Gasteiger partial charge in [0.25, 0.3) is 5.91 Å². The maximum absolute atomic E-state index is 13.4. The smallest absolute Gasteiger partial charge is 0.257 e. The average Bonchev–Trinajstić information content (AvgIpc) is 2.62. The molecule has 1 spiro atoms. The van der Waals surface area contributed by atoms with Gasteiger partial charge in [-0.05, 0) is 47.0 Å². The first-order valence-electron chi connectivity index (χ1n) is 8.98. The molecule has 0 radical (unpaired) electrons. The summed E-state index contributed by atoms with van der Waals surface area (Å²) < 4.78 is 6.62. The molecule has 0 aliphatic carbocycles. The lowest BCUT2D eigenvalue weighted by molar-refractivity contribution is -0.172. The van der Waals surface area contributed by atoms with Crippen molar-refractivity contribution < 1.29 is 14.6 Å². The molecule has 2 aliphatic heterocycles. The van der Waals surface area contributed by atoms with Crippen LogP contribution in [0.4, 0.5) is 0 Å². The molecular weight excluding hydrogens is 292 g/mol. The molecule has 1 amide bonds. The molecule has 0 bridgehead atoms. The summed E-state index contributed by atoms with van der Waals surface area (Å²) in [5, 5.41) is 12.8. The second-order valence-corrected chi connectivity index (χ2v) is 8.53. The van der Waals surface area contributed by atoms with Gasteiger partial charge >= 0.3 is 0 Å². The molecule has 2 fully saturated rings. The van der Waals surface area contributed by atoms with E-state index in [2.05, 4.69) is 46.9 Å². The largest absolute Gasteiger partial charge is 0.396 e. The molecule has 0 aromatic carbocycles. The number of hydrogen-bond donors (Lipinski definition) is 2. The first-order valence-corrected chi connectivity index (χ1v) is 8.98. The highest BCUT2D eigenvalue weighted by atomic mass is 16.6. The van der Waals surface area contributed by atoms with Gasteiger partial charge in [-0.3, -0.25) is 4.79 Å². The third-order valence-corrected chi connectivity index (χ3v) is 5.29. The van der Waals surface area contributed by atoms with Gasteiger partial charge in [0.2, 0.25) is 0 Å². The van der Waals surface area contributed by atoms with E-state index in [4.69, 9.17) is 4.74 Å². The summed E-state index contributed by atoms with van der Waals surface area (Å²) in [5.41, 5.74) is -1.59. The number of nitrogens with zero attached hydrogens (tertiary/aromatic N) is 1. The van der Waals surface area contributed by atoms with Crippen LogP contribution in [-0.4, -0.2) is 51.5 Å². The van der Waals surface area contributed by atoms with Gasteiger partial charge in [0, 0.05) is 37.1 Å². The Labute approximate surface area is 140 Å². The molecule has 0 atom stereocenters. The van der Waals surface area contributed by atoms with Crippen LogP contribution in [0.15, 0.2) is 0 Å². The molecule has 0 aromatic heterocycles. The summed E-state index contributed by atoms with van der Waals surface area (Å²) in [4.78, 5) is 15.3. The Hall–Kier alpha value is -0.650. The Morgan fingerprint density at radius 2 is 1.65 bits per heavy atom. The van der Waals surface area contributed by atoms with Crippen molar-refractivity contribution in [1.82, 2.24) is 10.2 Å². The van der Waals surface area contributed by atoms with E-state index >= 15 is 0 Å². The van der Waals surface area contributed by atoms with Gasteiger partial charge in [0.15, 0.2) is 5.60 Å². The lowest BCUT2D eigenvalue weighted by Crippen LogP contribution is -2.65. The van der Waals surface area contributed by atoms with Crippen molar-refractivity contribution in [2.45, 2.75) is 96.1 Å². The molecule has 5 nitrogen and oxygen atoms in total. The topological polar surface area (TPSA) is 61.8 Å². The van der Waals surface area contributed by atoms with Crippen LogP contribution < -0.4 is 5.32 Å². The number of hydrogen-bond acceptors (Lipinski definition) is 4. The quantitative estimate of drug-likeness (QED) is 0.814. The molecule has 2 heterocycles. The highest BCUT2D eigenvalue weighted by Crippen LogP contribution is 2.49. The van der Waals surface area contributed by atoms with Crippen molar-refractivity contribution in [2.24, 2.45) is 0 Å². The molecule has 23 heavy (non-hydrogen) atoms. The fraction of sp³-hybridized carbons (Fsp3) is 0.944. The van der Waals surface area contributed by atoms with Gasteiger partial charge in [-0.25, -0.2) is 0 Å². The maximum atomic E-state index is 13.4. The number of aliphatic hydroxyl groups excluding tert-OH is 1. The van der Waals surface area contributed by atoms with Crippen molar-refractivity contribution in [2.75, 3.05) is 13.2 Å². The van der Waals surface area contributed by atoms with Crippen LogP contribution >= 0.6 is 0 Å². The standard InChI is InChI=1S/C18H34N2O3/c1-7-18(8-2)20(10-9-11-21)14(22)17(23-18)12-15(3,4)19-16(5,6)13-17/h19,21H,7-13H2,1-6H3. The van der Waals surface area contributed by atoms with Gasteiger partial charge in [-0.1, -0.05) is 13.8 Å². The van der Waals surface area contributed by atoms with Gasteiger partial charge in [-0.2, -0.15) is 0 Å². The monoisotopic (exact) mass is 326 g/mol. The van der Waals surface area contributed by atoms with Crippen LogP contribution in [0.5, 0.6) is 0 Å². The van der Waals surface area contributed by atoms with E-state index in [1.54, 1.807) is 0 Å². The van der Waals surface area contributed by atoms with Crippen molar-refractivity contribution in [3.63, 3.8) is 0 Å². The fourth-order valence-corrected chi connectivity index (χ4v) is 4.92. The molecule has 2 saturated heterocycles. The summed E-state index contributed by atoms with van der Waals surface area (Å²) in [7, 11) is 0. The molecule has 0 unspecified atom stereocenters. The zero-order chi connectivity index (χ0) is 17.5. The van der Waals surface area contributed by atoms with Crippen LogP contribution in [-0.2, 0) is 9.53 Å². The van der Waals surface area contributed by atoms with E-state index in [1.165, 1.54) is 0 Å². The number of nitrogens with one attached hydrogen (secondary N) is 1. The molecule has 2 aliphatic rings. The maximum Gasteiger partial charge on any atom is 0.257 e. The van der Waals surface area contributed by atoms with Gasteiger partial charge in [0.05, 0.1) is 0 Å². The zero-order valence-electron chi connectivity index (χ0n) is 15.7. The molecule has 2 N–H and O–H groups in total. The fourth-order valence-electron chi connectivity index (χ4n) is 4.92. The van der Waals surface area contributed by atoms with Crippen LogP contribution in [0.3, 0.4) is 0 Å². The molecule has 5 heteroatoms. The van der Waals surface area contributed by atoms with Gasteiger partial charge in [-0.15, -0.1) is 0 Å². The second-order valence-electron chi connectivity index (χ2n) is 8.53. The number of carbonyl (C=O) groups is 1. The SMILES string of the molecule is CCC1(CC)OC2(CC(C)(C)NC(C)(C)C2)C(=O)N1CCCO. The zero-order valence-corrected chi connectivity index (χ0v) is 15.7. The summed E-state index contributed by atoms with van der Waals surface area (Å²) in [6.45, 7) is 13.4. The molecule has 134 valence electrons. The average molecular weight is 326 g/mol. The second kappa shape index (κ2) is 6.01. The molecule has 2 rings (SSSR count). The predicted molar refractivity (Wildman–Crippen MR) is 91.1 cm³/mol. The van der Waals surface area contributed by atoms with E-state index in [9.17, 15) is 9.90 Å². The van der Waals surface area contributed by atoms with Gasteiger partial charge in [0.1, 0.15) is 5.72 Å². The van der Waals surface area contributed by atoms with E-state index < -0.39 is 11.3 Å². The Bertz CT molecular complexity index is 439. The first-order chi connectivity index (χ1) is 10.6. The highest BCUT2D eigenvalue weighted by Gasteiger charge is 2.63. The van der Waals surface area contributed by atoms with E-state index in [-0.39, 0.29) is 23.6 Å². The third kappa shape index (κ3) is 3.28. The van der Waals surface area contributed by atoms with Crippen molar-refractivity contribution >= 4 is 5.91 Å². The Balaban J connectivity index is 2.41. The predicted octanol–water partition coefficient (Wildman–Crippen LogP) is 2.42. The summed E-state index contributed by atoms with van der Waals surface area (Å²) in [5.74, 6) is 0.109. The molecule has 0 saturated carbocycles. The third-order valence-electron chi connectivity index (χ3n) is 5.29. The van der Waals surface area contributed by atoms with Crippen molar-refractivity contribution in [1.29, 1.82) is 0 Å². The Kier molecular flexibility index (Phi) is 4.88. The number of aliphatic hydroxyl groups is 1. The number of amides is 1. The lowest BCUT2D eigenvalue weighted by atomic mass is 9.72. The minimum Gasteiger partial charge on any atom is -0.396 e. The van der Waals surface area contributed by atoms with Crippen LogP contribution in [0.1, 0.15) is 73.6 Å². The molecule has 0 aromatic rings. The summed E-state index contributed by atoms with van der Waals surface area (Å²) in [6.07, 6.45) is 3.50. The minimum absolute atomic E-state index is 0.0961. The van der Waals surface area contributed by atoms with Crippen LogP contribution in [0, 0.1) is 0 Å². The molecular formula is C18H34N2O3. The van der Waals surface area contributed by atoms with Crippen LogP contribution in [0.25, 0.3) is 0 Å². The number of rotatable bonds is 5. The summed E-state index contributed by atoms with van der Waals surface area (Å²) >= 11 is 0. The van der Waals surface area contributed by atoms with Crippen molar-refractivity contribution in [3.8, 4) is 0 Å². The normalized spacial score (nSPS) is 27.6.